The molecule has 0 N–H and O–H groups in total. The van der Waals surface area contributed by atoms with Crippen LogP contribution in [0.2, 0.25) is 0 Å². The summed E-state index contributed by atoms with van der Waals surface area (Å²) in [6.45, 7) is 4.63. The summed E-state index contributed by atoms with van der Waals surface area (Å²) < 4.78 is 22.8. The third-order valence-electron chi connectivity index (χ3n) is 16.6. The van der Waals surface area contributed by atoms with Crippen LogP contribution < -0.4 is 5.11 Å². The van der Waals surface area contributed by atoms with Crippen LogP contribution in [0, 0.1) is 0 Å². The molecule has 0 aromatic rings. The maximum atomic E-state index is 13.0. The lowest BCUT2D eigenvalue weighted by Crippen LogP contribution is -2.44. The molecule has 0 spiro atoms. The van der Waals surface area contributed by atoms with Crippen molar-refractivity contribution in [3.05, 3.63) is 146 Å². The minimum absolute atomic E-state index is 0.140. The monoisotopic (exact) mass is 1320 g/mol. The van der Waals surface area contributed by atoms with Crippen molar-refractivity contribution in [3.8, 4) is 0 Å². The average Bonchev–Trinajstić information content (AvgIpc) is 2.92. The molecule has 0 bridgehead atoms. The lowest BCUT2D eigenvalue weighted by atomic mass is 10.0. The fraction of sp³-hybridized carbons (Fsp3) is 0.686. The Balaban J connectivity index is 4.12. The molecule has 0 saturated heterocycles. The number of unbranched alkanes of at least 4 members (excludes halogenated alkanes) is 32. The molecule has 0 aromatic carbocycles. The third kappa shape index (κ3) is 76.4. The summed E-state index contributed by atoms with van der Waals surface area (Å²) in [6, 6.07) is 0. The molecule has 9 nitrogen and oxygen atoms in total. The number of allylic oxidation sites excluding steroid dienone is 24. The average molecular weight is 1320 g/mol. The second kappa shape index (κ2) is 75.0. The van der Waals surface area contributed by atoms with Gasteiger partial charge in [-0.1, -0.05) is 333 Å². The molecule has 2 unspecified atom stereocenters. The van der Waals surface area contributed by atoms with E-state index in [1.54, 1.807) is 0 Å². The molecule has 542 valence electrons. The molecule has 0 aliphatic carbocycles. The van der Waals surface area contributed by atoms with Crippen molar-refractivity contribution in [2.75, 3.05) is 47.5 Å². The molecule has 0 radical (unpaired) electrons. The van der Waals surface area contributed by atoms with Crippen LogP contribution in [0.5, 0.6) is 0 Å². The summed E-state index contributed by atoms with van der Waals surface area (Å²) in [5.41, 5.74) is 0. The number of carbonyl (C=O) groups is 3. The Bertz CT molecular complexity index is 2080. The zero-order valence-electron chi connectivity index (χ0n) is 62.0. The van der Waals surface area contributed by atoms with Crippen LogP contribution in [0.4, 0.5) is 0 Å². The van der Waals surface area contributed by atoms with Gasteiger partial charge in [-0.3, -0.25) is 9.59 Å². The van der Waals surface area contributed by atoms with Crippen LogP contribution in [-0.4, -0.2) is 82.3 Å². The summed E-state index contributed by atoms with van der Waals surface area (Å²) in [5, 5.41) is 11.9. The van der Waals surface area contributed by atoms with E-state index in [9.17, 15) is 19.5 Å². The van der Waals surface area contributed by atoms with Gasteiger partial charge in [-0.05, 0) is 122 Å². The maximum Gasteiger partial charge on any atom is 0.306 e. The molecule has 0 aliphatic heterocycles. The van der Waals surface area contributed by atoms with Gasteiger partial charge in [0.2, 0.25) is 0 Å². The van der Waals surface area contributed by atoms with Crippen LogP contribution in [0.3, 0.4) is 0 Å². The quantitative estimate of drug-likeness (QED) is 0.0195. The van der Waals surface area contributed by atoms with Gasteiger partial charge in [-0.15, -0.1) is 0 Å². The van der Waals surface area contributed by atoms with Gasteiger partial charge in [0, 0.05) is 12.8 Å². The highest BCUT2D eigenvalue weighted by Gasteiger charge is 2.22. The van der Waals surface area contributed by atoms with Gasteiger partial charge < -0.3 is 33.3 Å². The zero-order chi connectivity index (χ0) is 69.0. The Kier molecular flexibility index (Phi) is 71.1. The topological polar surface area (TPSA) is 111 Å². The number of carboxylic acid groups (broad SMARTS) is 1. The zero-order valence-corrected chi connectivity index (χ0v) is 62.0. The lowest BCUT2D eigenvalue weighted by Gasteiger charge is -2.26. The Hall–Kier alpha value is -4.83. The highest BCUT2D eigenvalue weighted by atomic mass is 16.7. The first-order valence-corrected chi connectivity index (χ1v) is 39.0. The van der Waals surface area contributed by atoms with E-state index in [-0.39, 0.29) is 38.6 Å². The van der Waals surface area contributed by atoms with E-state index in [2.05, 4.69) is 160 Å². The first-order valence-electron chi connectivity index (χ1n) is 39.0. The summed E-state index contributed by atoms with van der Waals surface area (Å²) in [6.07, 6.45) is 107. The number of hydrogen-bond acceptors (Lipinski definition) is 8. The van der Waals surface area contributed by atoms with E-state index >= 15 is 0 Å². The molecule has 95 heavy (non-hydrogen) atoms. The van der Waals surface area contributed by atoms with Crippen LogP contribution in [0.1, 0.15) is 322 Å². The Morgan fingerprint density at radius 1 is 0.326 bits per heavy atom. The molecule has 0 rings (SSSR count). The molecular weight excluding hydrogens is 1170 g/mol. The first-order chi connectivity index (χ1) is 46.6. The Labute approximate surface area is 585 Å². The molecule has 0 aliphatic rings. The van der Waals surface area contributed by atoms with E-state index in [4.69, 9.17) is 18.9 Å². The first kappa shape index (κ1) is 90.2. The summed E-state index contributed by atoms with van der Waals surface area (Å²) >= 11 is 0. The van der Waals surface area contributed by atoms with E-state index in [1.807, 2.05) is 21.1 Å². The lowest BCUT2D eigenvalue weighted by molar-refractivity contribution is -0.870. The van der Waals surface area contributed by atoms with Gasteiger partial charge in [0.25, 0.3) is 0 Å². The van der Waals surface area contributed by atoms with Gasteiger partial charge in [-0.2, -0.15) is 0 Å². The van der Waals surface area contributed by atoms with Crippen molar-refractivity contribution in [3.63, 3.8) is 0 Å². The Morgan fingerprint density at radius 3 is 0.895 bits per heavy atom. The van der Waals surface area contributed by atoms with Crippen LogP contribution in [0.15, 0.2) is 146 Å². The molecule has 0 saturated carbocycles. The molecule has 0 amide bonds. The van der Waals surface area contributed by atoms with Gasteiger partial charge in [0.05, 0.1) is 40.3 Å². The van der Waals surface area contributed by atoms with Gasteiger partial charge in [-0.25, -0.2) is 0 Å². The predicted molar refractivity (Wildman–Crippen MR) is 407 cm³/mol. The minimum Gasteiger partial charge on any atom is -0.545 e. The molecule has 0 heterocycles. The van der Waals surface area contributed by atoms with Gasteiger partial charge in [0.15, 0.2) is 12.4 Å². The van der Waals surface area contributed by atoms with Crippen molar-refractivity contribution >= 4 is 17.9 Å². The molecule has 2 atom stereocenters. The standard InChI is InChI=1S/C86H145NO8/c1-6-8-10-12-14-16-18-20-22-24-26-28-30-32-34-36-38-39-40-41-42-43-44-45-47-49-51-53-55-57-59-61-63-65-67-69-71-73-75-77-84(89)95-82(81-94-86(85(90)91)92-79-78-87(3,4)5)80-93-83(88)76-74-72-70-68-66-64-62-60-58-56-54-52-50-48-46-37-35-33-31-29-27-25-23-21-19-17-15-13-11-9-7-2/h8,10,14,16,19-22,25-28,32,34,38-39,41-42,44-45,49,51,55,57,82,86H,6-7,9,11-13,15,17-18,23-24,29-31,33,35-37,40,43,46-48,50,52-54,56,58-81H2,1-5H3/b10-8-,16-14-,21-19-,22-20-,27-25-,28-26-,34-32-,39-38-,42-41-,45-44-,51-49-,57-55-. The third-order valence-corrected chi connectivity index (χ3v) is 16.6. The van der Waals surface area contributed by atoms with Crippen LogP contribution in [0.25, 0.3) is 0 Å². The van der Waals surface area contributed by atoms with Crippen LogP contribution >= 0.6 is 0 Å². The Morgan fingerprint density at radius 2 is 0.600 bits per heavy atom. The van der Waals surface area contributed by atoms with Crippen molar-refractivity contribution in [1.82, 2.24) is 0 Å². The summed E-state index contributed by atoms with van der Waals surface area (Å²) in [7, 11) is 5.93. The predicted octanol–water partition coefficient (Wildman–Crippen LogP) is 23.7. The van der Waals surface area contributed by atoms with E-state index < -0.39 is 24.3 Å². The van der Waals surface area contributed by atoms with E-state index in [1.165, 1.54) is 173 Å². The molecule has 0 fully saturated rings. The van der Waals surface area contributed by atoms with Crippen molar-refractivity contribution in [2.24, 2.45) is 0 Å². The summed E-state index contributed by atoms with van der Waals surface area (Å²) in [4.78, 5) is 37.6. The number of nitrogens with zero attached hydrogens (tertiary/aromatic N) is 1. The van der Waals surface area contributed by atoms with Gasteiger partial charge >= 0.3 is 11.9 Å². The largest absolute Gasteiger partial charge is 0.545 e. The maximum absolute atomic E-state index is 13.0. The number of carboxylic acids is 1. The van der Waals surface area contributed by atoms with Crippen molar-refractivity contribution in [1.29, 1.82) is 0 Å². The number of carbonyl (C=O) groups excluding carboxylic acids is 3. The molecule has 0 aromatic heterocycles. The SMILES string of the molecule is CC/C=C\C/C=C\C/C=C\C/C=C\C/C=C\C/C=C\C/C=C\C/C=C\C/C=C\C/C=C\CCCCCCCCCCC(=O)OC(COC(=O)CCCCCCCCCCCCCCCCCCCCC/C=C\C/C=C\CCCCCCC)COC(OCC[N+](C)(C)C)C(=O)[O-]. The van der Waals surface area contributed by atoms with Crippen molar-refractivity contribution in [2.45, 2.75) is 334 Å². The van der Waals surface area contributed by atoms with E-state index in [0.717, 1.165) is 116 Å². The second-order valence-corrected chi connectivity index (χ2v) is 26.9. The van der Waals surface area contributed by atoms with E-state index in [0.29, 0.717) is 17.4 Å². The number of ether oxygens (including phenoxy) is 4. The van der Waals surface area contributed by atoms with Crippen LogP contribution in [-0.2, 0) is 33.3 Å². The minimum atomic E-state index is -1.63. The highest BCUT2D eigenvalue weighted by molar-refractivity contribution is 5.70. The summed E-state index contributed by atoms with van der Waals surface area (Å²) in [5.74, 6) is -2.29. The smallest absolute Gasteiger partial charge is 0.306 e. The van der Waals surface area contributed by atoms with Gasteiger partial charge in [0.1, 0.15) is 13.2 Å². The number of aliphatic carboxylic acids is 1. The number of quaternary nitrogens is 1. The normalized spacial score (nSPS) is 13.5. The number of esters is 2. The number of rotatable bonds is 71. The molecule has 9 heteroatoms. The van der Waals surface area contributed by atoms with Crippen molar-refractivity contribution < 1.29 is 42.9 Å². The number of hydrogen-bond donors (Lipinski definition) is 0. The highest BCUT2D eigenvalue weighted by Crippen LogP contribution is 2.17. The fourth-order valence-corrected chi connectivity index (χ4v) is 10.7. The fourth-order valence-electron chi connectivity index (χ4n) is 10.7. The molecular formula is C86H145NO8. The number of likely N-dealkylation sites (N-methyl/N-ethyl adjacent to an activating group) is 1. The second-order valence-electron chi connectivity index (χ2n) is 26.9.